The van der Waals surface area contributed by atoms with Crippen LogP contribution in [0, 0.1) is 0 Å². The van der Waals surface area contributed by atoms with Crippen LogP contribution in [0.25, 0.3) is 0 Å². The van der Waals surface area contributed by atoms with Crippen molar-refractivity contribution in [3.8, 4) is 0 Å². The fourth-order valence-electron chi connectivity index (χ4n) is 1.31. The average Bonchev–Trinajstić information content (AvgIpc) is 2.11. The molecular formula is C6H12O8. The predicted molar refractivity (Wildman–Crippen MR) is 38.4 cm³/mol. The van der Waals surface area contributed by atoms with Crippen LogP contribution in [0.5, 0.6) is 0 Å². The molecule has 1 aliphatic carbocycles. The Balaban J connectivity index is 3.09. The van der Waals surface area contributed by atoms with Crippen molar-refractivity contribution < 1.29 is 40.9 Å². The lowest BCUT2D eigenvalue weighted by molar-refractivity contribution is -0.413. The number of rotatable bonds is 0. The molecule has 0 unspecified atom stereocenters. The molecule has 4 atom stereocenters. The molecule has 8 heteroatoms. The average molecular weight is 212 g/mol. The van der Waals surface area contributed by atoms with Gasteiger partial charge in [0.25, 0.3) is 0 Å². The summed E-state index contributed by atoms with van der Waals surface area (Å²) in [5.74, 6) is -6.63. The minimum Gasteiger partial charge on any atom is -0.387 e. The molecule has 0 aromatic carbocycles. The Morgan fingerprint density at radius 1 is 0.643 bits per heavy atom. The van der Waals surface area contributed by atoms with Gasteiger partial charge in [0.2, 0.25) is 11.6 Å². The third-order valence-corrected chi connectivity index (χ3v) is 2.32. The van der Waals surface area contributed by atoms with Gasteiger partial charge in [0.05, 0.1) is 0 Å². The second-order valence-corrected chi connectivity index (χ2v) is 3.35. The van der Waals surface area contributed by atoms with Gasteiger partial charge in [0.15, 0.2) is 6.10 Å². The van der Waals surface area contributed by atoms with E-state index in [0.29, 0.717) is 0 Å². The maximum Gasteiger partial charge on any atom is 0.224 e. The van der Waals surface area contributed by atoms with Gasteiger partial charge in [-0.1, -0.05) is 0 Å². The molecule has 1 rings (SSSR count). The molecular weight excluding hydrogens is 200 g/mol. The highest BCUT2D eigenvalue weighted by Gasteiger charge is 2.64. The zero-order chi connectivity index (χ0) is 11.3. The second-order valence-electron chi connectivity index (χ2n) is 3.35. The molecule has 8 nitrogen and oxygen atoms in total. The maximum atomic E-state index is 9.00. The Morgan fingerprint density at radius 3 is 1.21 bits per heavy atom. The van der Waals surface area contributed by atoms with Gasteiger partial charge < -0.3 is 40.9 Å². The van der Waals surface area contributed by atoms with Gasteiger partial charge in [-0.05, 0) is 0 Å². The Kier molecular flexibility index (Phi) is 2.59. The summed E-state index contributed by atoms with van der Waals surface area (Å²) >= 11 is 0. The number of hydrogen-bond donors (Lipinski definition) is 8. The Hall–Kier alpha value is -0.320. The number of hydrogen-bond acceptors (Lipinski definition) is 8. The highest BCUT2D eigenvalue weighted by molar-refractivity contribution is 5.06. The van der Waals surface area contributed by atoms with Crippen LogP contribution in [0.15, 0.2) is 0 Å². The van der Waals surface area contributed by atoms with Crippen molar-refractivity contribution in [3.63, 3.8) is 0 Å². The topological polar surface area (TPSA) is 162 Å². The van der Waals surface area contributed by atoms with Gasteiger partial charge in [-0.3, -0.25) is 0 Å². The third kappa shape index (κ3) is 1.33. The molecule has 0 bridgehead atoms. The standard InChI is InChI=1S/C6H12O8/c7-1-2(8)5(11,12)4(10)6(13,14)3(1)9/h1-4,7-14H/t1-,2-,3+,4-. The van der Waals surface area contributed by atoms with Gasteiger partial charge in [-0.25, -0.2) is 0 Å². The minimum absolute atomic E-state index is 2.21. The predicted octanol–water partition coefficient (Wildman–Crippen LogP) is -5.19. The summed E-state index contributed by atoms with van der Waals surface area (Å²) in [5.41, 5.74) is 0. The van der Waals surface area contributed by atoms with Gasteiger partial charge >= 0.3 is 0 Å². The van der Waals surface area contributed by atoms with E-state index in [1.165, 1.54) is 0 Å². The van der Waals surface area contributed by atoms with Crippen LogP contribution in [-0.4, -0.2) is 76.8 Å². The van der Waals surface area contributed by atoms with Crippen LogP contribution in [0.4, 0.5) is 0 Å². The van der Waals surface area contributed by atoms with E-state index < -0.39 is 36.0 Å². The largest absolute Gasteiger partial charge is 0.387 e. The van der Waals surface area contributed by atoms with E-state index in [4.69, 9.17) is 40.9 Å². The molecule has 14 heavy (non-hydrogen) atoms. The van der Waals surface area contributed by atoms with Crippen LogP contribution in [0.1, 0.15) is 0 Å². The fourth-order valence-corrected chi connectivity index (χ4v) is 1.31. The first-order valence-electron chi connectivity index (χ1n) is 3.75. The summed E-state index contributed by atoms with van der Waals surface area (Å²) in [5, 5.41) is 71.9. The van der Waals surface area contributed by atoms with E-state index in [0.717, 1.165) is 0 Å². The fraction of sp³-hybridized carbons (Fsp3) is 1.00. The van der Waals surface area contributed by atoms with E-state index in [1.807, 2.05) is 0 Å². The molecule has 0 radical (unpaired) electrons. The summed E-state index contributed by atoms with van der Waals surface area (Å²) in [7, 11) is 0. The molecule has 0 aliphatic heterocycles. The van der Waals surface area contributed by atoms with Crippen LogP contribution >= 0.6 is 0 Å². The highest BCUT2D eigenvalue weighted by Crippen LogP contribution is 2.33. The zero-order valence-electron chi connectivity index (χ0n) is 6.89. The molecule has 0 aromatic heterocycles. The van der Waals surface area contributed by atoms with Gasteiger partial charge in [-0.2, -0.15) is 0 Å². The smallest absolute Gasteiger partial charge is 0.224 e. The van der Waals surface area contributed by atoms with E-state index in [1.54, 1.807) is 0 Å². The lowest BCUT2D eigenvalue weighted by Gasteiger charge is -2.48. The Morgan fingerprint density at radius 2 is 0.929 bits per heavy atom. The second kappa shape index (κ2) is 3.08. The molecule has 1 saturated carbocycles. The molecule has 84 valence electrons. The summed E-state index contributed by atoms with van der Waals surface area (Å²) in [4.78, 5) is 0. The summed E-state index contributed by atoms with van der Waals surface area (Å²) in [6, 6.07) is 0. The number of aliphatic hydroxyl groups is 8. The summed E-state index contributed by atoms with van der Waals surface area (Å²) < 4.78 is 0. The van der Waals surface area contributed by atoms with Gasteiger partial charge in [0, 0.05) is 0 Å². The quantitative estimate of drug-likeness (QED) is 0.185. The summed E-state index contributed by atoms with van der Waals surface area (Å²) in [6.45, 7) is 0. The minimum atomic E-state index is -3.32. The lowest BCUT2D eigenvalue weighted by Crippen LogP contribution is -2.76. The molecule has 1 aliphatic rings. The lowest BCUT2D eigenvalue weighted by atomic mass is 9.79. The molecule has 0 saturated heterocycles. The first-order chi connectivity index (χ1) is 6.13. The van der Waals surface area contributed by atoms with Crippen molar-refractivity contribution in [2.45, 2.75) is 36.0 Å². The molecule has 0 spiro atoms. The van der Waals surface area contributed by atoms with E-state index in [2.05, 4.69) is 0 Å². The number of aliphatic hydroxyl groups excluding tert-OH is 4. The Bertz CT molecular complexity index is 204. The molecule has 1 fully saturated rings. The SMILES string of the molecule is O[C@@H]1[C@@H](O)C(O)(O)[C@@H](O)C(O)(O)[C@H]1O. The van der Waals surface area contributed by atoms with Crippen molar-refractivity contribution >= 4 is 0 Å². The van der Waals surface area contributed by atoms with Crippen LogP contribution < -0.4 is 0 Å². The van der Waals surface area contributed by atoms with Crippen LogP contribution in [0.3, 0.4) is 0 Å². The first-order valence-corrected chi connectivity index (χ1v) is 3.75. The zero-order valence-corrected chi connectivity index (χ0v) is 6.89. The van der Waals surface area contributed by atoms with Gasteiger partial charge in [0.1, 0.15) is 18.3 Å². The van der Waals surface area contributed by atoms with Crippen molar-refractivity contribution in [3.05, 3.63) is 0 Å². The Labute approximate surface area is 77.9 Å². The van der Waals surface area contributed by atoms with Crippen molar-refractivity contribution in [1.29, 1.82) is 0 Å². The third-order valence-electron chi connectivity index (χ3n) is 2.32. The molecule has 0 heterocycles. The highest BCUT2D eigenvalue weighted by atomic mass is 16.6. The van der Waals surface area contributed by atoms with Crippen molar-refractivity contribution in [2.75, 3.05) is 0 Å². The van der Waals surface area contributed by atoms with E-state index in [9.17, 15) is 0 Å². The first kappa shape index (κ1) is 11.8. The van der Waals surface area contributed by atoms with Gasteiger partial charge in [-0.15, -0.1) is 0 Å². The van der Waals surface area contributed by atoms with Crippen molar-refractivity contribution in [2.24, 2.45) is 0 Å². The molecule has 0 amide bonds. The van der Waals surface area contributed by atoms with Crippen LogP contribution in [0.2, 0.25) is 0 Å². The summed E-state index contributed by atoms with van der Waals surface area (Å²) in [6.07, 6.45) is -9.48. The normalized spacial score (nSPS) is 46.3. The van der Waals surface area contributed by atoms with Crippen molar-refractivity contribution in [1.82, 2.24) is 0 Å². The molecule has 0 aromatic rings. The monoisotopic (exact) mass is 212 g/mol. The molecule has 8 N–H and O–H groups in total. The van der Waals surface area contributed by atoms with Crippen LogP contribution in [-0.2, 0) is 0 Å². The van der Waals surface area contributed by atoms with E-state index in [-0.39, 0.29) is 0 Å². The maximum absolute atomic E-state index is 9.00. The van der Waals surface area contributed by atoms with E-state index >= 15 is 0 Å².